The Morgan fingerprint density at radius 2 is 2.00 bits per heavy atom. The summed E-state index contributed by atoms with van der Waals surface area (Å²) in [5.74, 6) is 0. The molecule has 0 saturated carbocycles. The molecule has 77 valence electrons. The molecular formula is C10H11F3N. The van der Waals surface area contributed by atoms with Gasteiger partial charge < -0.3 is 4.90 Å². The van der Waals surface area contributed by atoms with Gasteiger partial charge in [0.1, 0.15) is 0 Å². The second kappa shape index (κ2) is 3.90. The van der Waals surface area contributed by atoms with Crippen LogP contribution in [0.15, 0.2) is 24.3 Å². The van der Waals surface area contributed by atoms with Gasteiger partial charge in [-0.1, -0.05) is 6.07 Å². The normalized spacial score (nSPS) is 11.5. The van der Waals surface area contributed by atoms with E-state index >= 15 is 0 Å². The van der Waals surface area contributed by atoms with Gasteiger partial charge in [-0.15, -0.1) is 0 Å². The number of halogens is 3. The highest BCUT2D eigenvalue weighted by atomic mass is 19.4. The zero-order valence-corrected chi connectivity index (χ0v) is 7.80. The lowest BCUT2D eigenvalue weighted by atomic mass is 10.2. The monoisotopic (exact) mass is 202 g/mol. The van der Waals surface area contributed by atoms with E-state index in [-0.39, 0.29) is 0 Å². The Hall–Kier alpha value is -1.19. The lowest BCUT2D eigenvalue weighted by Crippen LogP contribution is -2.16. The van der Waals surface area contributed by atoms with Crippen LogP contribution in [0, 0.1) is 6.92 Å². The Bertz CT molecular complexity index is 306. The molecule has 4 heteroatoms. The summed E-state index contributed by atoms with van der Waals surface area (Å²) < 4.78 is 36.9. The van der Waals surface area contributed by atoms with Crippen LogP contribution in [-0.4, -0.2) is 13.6 Å². The molecule has 0 atom stereocenters. The molecule has 1 rings (SSSR count). The first-order chi connectivity index (χ1) is 6.45. The van der Waals surface area contributed by atoms with Crippen LogP contribution in [0.3, 0.4) is 0 Å². The SMILES string of the molecule is [CH2]CN(C)c1cccc(C(F)(F)F)c1. The Morgan fingerprint density at radius 1 is 1.36 bits per heavy atom. The number of anilines is 1. The first-order valence-electron chi connectivity index (χ1n) is 4.13. The van der Waals surface area contributed by atoms with Crippen LogP contribution < -0.4 is 4.90 Å². The first kappa shape index (κ1) is 10.9. The van der Waals surface area contributed by atoms with Crippen molar-refractivity contribution in [3.63, 3.8) is 0 Å². The van der Waals surface area contributed by atoms with Crippen molar-refractivity contribution >= 4 is 5.69 Å². The first-order valence-corrected chi connectivity index (χ1v) is 4.13. The number of rotatable bonds is 2. The van der Waals surface area contributed by atoms with E-state index in [9.17, 15) is 13.2 Å². The molecule has 0 heterocycles. The van der Waals surface area contributed by atoms with Crippen molar-refractivity contribution in [2.24, 2.45) is 0 Å². The van der Waals surface area contributed by atoms with E-state index in [1.807, 2.05) is 0 Å². The van der Waals surface area contributed by atoms with E-state index in [4.69, 9.17) is 0 Å². The van der Waals surface area contributed by atoms with Crippen LogP contribution in [0.25, 0.3) is 0 Å². The van der Waals surface area contributed by atoms with Gasteiger partial charge in [-0.05, 0) is 25.1 Å². The second-order valence-corrected chi connectivity index (χ2v) is 2.97. The van der Waals surface area contributed by atoms with E-state index in [0.29, 0.717) is 12.2 Å². The fourth-order valence-electron chi connectivity index (χ4n) is 1.05. The van der Waals surface area contributed by atoms with Gasteiger partial charge in [-0.2, -0.15) is 13.2 Å². The fourth-order valence-corrected chi connectivity index (χ4v) is 1.05. The summed E-state index contributed by atoms with van der Waals surface area (Å²) in [4.78, 5) is 1.65. The van der Waals surface area contributed by atoms with E-state index in [2.05, 4.69) is 6.92 Å². The molecule has 1 aromatic rings. The van der Waals surface area contributed by atoms with Crippen LogP contribution >= 0.6 is 0 Å². The van der Waals surface area contributed by atoms with Gasteiger partial charge in [0.05, 0.1) is 5.56 Å². The molecule has 0 amide bonds. The summed E-state index contributed by atoms with van der Waals surface area (Å²) >= 11 is 0. The summed E-state index contributed by atoms with van der Waals surface area (Å²) in [5.41, 5.74) is -0.106. The van der Waals surface area contributed by atoms with E-state index in [0.717, 1.165) is 12.1 Å². The Labute approximate surface area is 81.1 Å². The zero-order valence-electron chi connectivity index (χ0n) is 7.80. The summed E-state index contributed by atoms with van der Waals surface area (Å²) in [7, 11) is 1.70. The summed E-state index contributed by atoms with van der Waals surface area (Å²) in [6, 6.07) is 5.19. The molecule has 0 saturated heterocycles. The maximum atomic E-state index is 12.3. The molecule has 0 aliphatic carbocycles. The highest BCUT2D eigenvalue weighted by Gasteiger charge is 2.30. The average Bonchev–Trinajstić information content (AvgIpc) is 2.15. The van der Waals surface area contributed by atoms with E-state index in [1.54, 1.807) is 18.0 Å². The molecule has 0 bridgehead atoms. The lowest BCUT2D eigenvalue weighted by molar-refractivity contribution is -0.137. The van der Waals surface area contributed by atoms with Crippen molar-refractivity contribution in [1.82, 2.24) is 0 Å². The maximum absolute atomic E-state index is 12.3. The molecule has 0 aromatic heterocycles. The number of benzene rings is 1. The van der Waals surface area contributed by atoms with Gasteiger partial charge in [-0.3, -0.25) is 0 Å². The third-order valence-corrected chi connectivity index (χ3v) is 1.95. The van der Waals surface area contributed by atoms with Crippen molar-refractivity contribution in [3.8, 4) is 0 Å². The van der Waals surface area contributed by atoms with Crippen LogP contribution in [0.2, 0.25) is 0 Å². The zero-order chi connectivity index (χ0) is 10.8. The highest BCUT2D eigenvalue weighted by molar-refractivity contribution is 5.48. The molecular weight excluding hydrogens is 191 g/mol. The Morgan fingerprint density at radius 3 is 2.50 bits per heavy atom. The van der Waals surface area contributed by atoms with Crippen LogP contribution in [0.1, 0.15) is 5.56 Å². The average molecular weight is 202 g/mol. The molecule has 0 spiro atoms. The second-order valence-electron chi connectivity index (χ2n) is 2.97. The quantitative estimate of drug-likeness (QED) is 0.712. The topological polar surface area (TPSA) is 3.24 Å². The molecule has 0 N–H and O–H groups in total. The summed E-state index contributed by atoms with van der Waals surface area (Å²) in [6.07, 6.45) is -4.28. The standard InChI is InChI=1S/C10H11F3N/c1-3-14(2)9-6-4-5-8(7-9)10(11,12)13/h4-7H,1,3H2,2H3. The van der Waals surface area contributed by atoms with Gasteiger partial charge >= 0.3 is 6.18 Å². The summed E-state index contributed by atoms with van der Waals surface area (Å²) in [5, 5.41) is 0. The van der Waals surface area contributed by atoms with Crippen molar-refractivity contribution in [3.05, 3.63) is 36.8 Å². The van der Waals surface area contributed by atoms with Gasteiger partial charge in [0, 0.05) is 19.3 Å². The minimum absolute atomic E-state index is 0.432. The molecule has 0 aliphatic heterocycles. The largest absolute Gasteiger partial charge is 0.416 e. The fraction of sp³-hybridized carbons (Fsp3) is 0.300. The molecule has 0 unspecified atom stereocenters. The smallest absolute Gasteiger partial charge is 0.375 e. The highest BCUT2D eigenvalue weighted by Crippen LogP contribution is 2.31. The van der Waals surface area contributed by atoms with Gasteiger partial charge in [0.15, 0.2) is 0 Å². The van der Waals surface area contributed by atoms with Crippen LogP contribution in [-0.2, 0) is 6.18 Å². The number of nitrogens with zero attached hydrogens (tertiary/aromatic N) is 1. The lowest BCUT2D eigenvalue weighted by Gasteiger charge is -2.18. The molecule has 0 fully saturated rings. The van der Waals surface area contributed by atoms with E-state index < -0.39 is 11.7 Å². The van der Waals surface area contributed by atoms with Gasteiger partial charge in [0.2, 0.25) is 0 Å². The number of hydrogen-bond donors (Lipinski definition) is 0. The van der Waals surface area contributed by atoms with Crippen molar-refractivity contribution in [2.45, 2.75) is 6.18 Å². The molecule has 1 aromatic carbocycles. The van der Waals surface area contributed by atoms with Crippen LogP contribution in [0.5, 0.6) is 0 Å². The minimum atomic E-state index is -4.28. The Balaban J connectivity index is 3.01. The molecule has 14 heavy (non-hydrogen) atoms. The molecule has 1 radical (unpaired) electrons. The third kappa shape index (κ3) is 2.40. The predicted octanol–water partition coefficient (Wildman–Crippen LogP) is 2.98. The maximum Gasteiger partial charge on any atom is 0.416 e. The molecule has 1 nitrogen and oxygen atoms in total. The van der Waals surface area contributed by atoms with Gasteiger partial charge in [-0.25, -0.2) is 0 Å². The van der Waals surface area contributed by atoms with E-state index in [1.165, 1.54) is 6.07 Å². The third-order valence-electron chi connectivity index (χ3n) is 1.95. The van der Waals surface area contributed by atoms with Gasteiger partial charge in [0.25, 0.3) is 0 Å². The molecule has 0 aliphatic rings. The van der Waals surface area contributed by atoms with Crippen LogP contribution in [0.4, 0.5) is 18.9 Å². The van der Waals surface area contributed by atoms with Crippen molar-refractivity contribution in [1.29, 1.82) is 0 Å². The minimum Gasteiger partial charge on any atom is -0.375 e. The summed E-state index contributed by atoms with van der Waals surface area (Å²) in [6.45, 7) is 4.03. The number of hydrogen-bond acceptors (Lipinski definition) is 1. The number of alkyl halides is 3. The van der Waals surface area contributed by atoms with Crippen molar-refractivity contribution < 1.29 is 13.2 Å². The Kier molecular flexibility index (Phi) is 3.03. The predicted molar refractivity (Wildman–Crippen MR) is 50.1 cm³/mol. The van der Waals surface area contributed by atoms with Crippen molar-refractivity contribution in [2.75, 3.05) is 18.5 Å².